The smallest absolute Gasteiger partial charge is 0.291 e. The normalized spacial score (nSPS) is 10.8. The van der Waals surface area contributed by atoms with Crippen LogP contribution in [0, 0.1) is 6.92 Å². The summed E-state index contributed by atoms with van der Waals surface area (Å²) >= 11 is 0. The molecule has 27 heavy (non-hydrogen) atoms. The van der Waals surface area contributed by atoms with Crippen LogP contribution in [-0.2, 0) is 7.05 Å². The van der Waals surface area contributed by atoms with E-state index in [-0.39, 0.29) is 22.3 Å². The number of hydrogen-bond donors (Lipinski definition) is 3. The largest absolute Gasteiger partial charge is 0.506 e. The minimum Gasteiger partial charge on any atom is -0.506 e. The van der Waals surface area contributed by atoms with Crippen LogP contribution >= 0.6 is 0 Å². The third-order valence-electron chi connectivity index (χ3n) is 4.13. The second-order valence-corrected chi connectivity index (χ2v) is 6.00. The molecule has 9 nitrogen and oxygen atoms in total. The van der Waals surface area contributed by atoms with Crippen LogP contribution in [0.5, 0.6) is 5.75 Å². The van der Waals surface area contributed by atoms with E-state index in [0.29, 0.717) is 5.52 Å². The molecule has 138 valence electrons. The molecule has 0 aliphatic carbocycles. The summed E-state index contributed by atoms with van der Waals surface area (Å²) in [6.45, 7) is 2.76. The fourth-order valence-corrected chi connectivity index (χ4v) is 2.93. The maximum absolute atomic E-state index is 12.7. The molecular formula is C18H16N4O5. The number of Topliss-reactive ketones (excluding diaryl/α,β-unsaturated/α-hetero) is 1. The molecule has 0 atom stereocenters. The number of amides is 1. The van der Waals surface area contributed by atoms with Crippen molar-refractivity contribution in [2.75, 3.05) is 5.32 Å². The average Bonchev–Trinajstić information content (AvgIpc) is 2.59. The number of H-pyrrole nitrogens is 1. The zero-order valence-electron chi connectivity index (χ0n) is 14.8. The number of anilines is 1. The lowest BCUT2D eigenvalue weighted by atomic mass is 10.1. The maximum atomic E-state index is 12.7. The van der Waals surface area contributed by atoms with Gasteiger partial charge in [0.05, 0.1) is 16.8 Å². The van der Waals surface area contributed by atoms with Crippen LogP contribution in [0.3, 0.4) is 0 Å². The monoisotopic (exact) mass is 368 g/mol. The topological polar surface area (TPSA) is 134 Å². The number of ketones is 1. The highest BCUT2D eigenvalue weighted by atomic mass is 16.3. The molecule has 0 saturated heterocycles. The Balaban J connectivity index is 2.18. The molecular weight excluding hydrogens is 352 g/mol. The van der Waals surface area contributed by atoms with Gasteiger partial charge in [0.1, 0.15) is 17.0 Å². The molecule has 0 unspecified atom stereocenters. The van der Waals surface area contributed by atoms with Crippen LogP contribution in [0.4, 0.5) is 5.69 Å². The lowest BCUT2D eigenvalue weighted by molar-refractivity contribution is 0.101. The molecule has 3 aromatic rings. The third kappa shape index (κ3) is 2.99. The Morgan fingerprint density at radius 2 is 1.85 bits per heavy atom. The van der Waals surface area contributed by atoms with Crippen molar-refractivity contribution in [3.8, 4) is 5.75 Å². The van der Waals surface area contributed by atoms with E-state index in [2.05, 4.69) is 15.4 Å². The van der Waals surface area contributed by atoms with Gasteiger partial charge < -0.3 is 15.4 Å². The standard InChI is InChI=1S/C18H16N4O5/c1-8-12(9(2)23)14(18(27)22(3)21-8)20-17(26)13-15(24)10-6-4-5-7-11(10)19-16(13)25/h4-7H,1-3H3,(H,20,26)(H2,19,24,25). The number of hydrogen-bond acceptors (Lipinski definition) is 6. The summed E-state index contributed by atoms with van der Waals surface area (Å²) in [7, 11) is 1.37. The van der Waals surface area contributed by atoms with E-state index in [0.717, 1.165) is 4.68 Å². The molecule has 1 aromatic carbocycles. The fraction of sp³-hybridized carbons (Fsp3) is 0.167. The number of nitrogens with zero attached hydrogens (tertiary/aromatic N) is 2. The number of nitrogens with one attached hydrogen (secondary N) is 2. The van der Waals surface area contributed by atoms with Crippen LogP contribution in [0.2, 0.25) is 0 Å². The molecule has 2 aromatic heterocycles. The van der Waals surface area contributed by atoms with Gasteiger partial charge in [-0.25, -0.2) is 4.68 Å². The lowest BCUT2D eigenvalue weighted by Gasteiger charge is -2.13. The van der Waals surface area contributed by atoms with Crippen molar-refractivity contribution in [1.29, 1.82) is 0 Å². The van der Waals surface area contributed by atoms with E-state index >= 15 is 0 Å². The van der Waals surface area contributed by atoms with Crippen LogP contribution in [0.1, 0.15) is 33.3 Å². The van der Waals surface area contributed by atoms with Crippen LogP contribution in [0.15, 0.2) is 33.9 Å². The number of fused-ring (bicyclic) bond motifs is 1. The number of benzene rings is 1. The number of aryl methyl sites for hydroxylation is 2. The Morgan fingerprint density at radius 1 is 1.19 bits per heavy atom. The predicted octanol–water partition coefficient (Wildman–Crippen LogP) is 1.09. The van der Waals surface area contributed by atoms with Crippen molar-refractivity contribution in [2.45, 2.75) is 13.8 Å². The highest BCUT2D eigenvalue weighted by Crippen LogP contribution is 2.25. The molecule has 0 saturated carbocycles. The first-order valence-electron chi connectivity index (χ1n) is 7.96. The van der Waals surface area contributed by atoms with Gasteiger partial charge in [0.25, 0.3) is 17.0 Å². The third-order valence-corrected chi connectivity index (χ3v) is 4.13. The van der Waals surface area contributed by atoms with E-state index in [1.165, 1.54) is 27.0 Å². The van der Waals surface area contributed by atoms with Gasteiger partial charge in [-0.15, -0.1) is 0 Å². The van der Waals surface area contributed by atoms with Gasteiger partial charge in [0, 0.05) is 12.4 Å². The molecule has 3 rings (SSSR count). The summed E-state index contributed by atoms with van der Waals surface area (Å²) in [5, 5.41) is 16.9. The summed E-state index contributed by atoms with van der Waals surface area (Å²) in [5.41, 5.74) is -1.84. The second kappa shape index (κ2) is 6.52. The van der Waals surface area contributed by atoms with Gasteiger partial charge in [-0.05, 0) is 26.0 Å². The van der Waals surface area contributed by atoms with E-state index in [1.807, 2.05) is 0 Å². The van der Waals surface area contributed by atoms with Crippen molar-refractivity contribution in [1.82, 2.24) is 14.8 Å². The highest BCUT2D eigenvalue weighted by Gasteiger charge is 2.24. The Morgan fingerprint density at radius 3 is 2.52 bits per heavy atom. The Kier molecular flexibility index (Phi) is 4.36. The molecule has 0 radical (unpaired) electrons. The fourth-order valence-electron chi connectivity index (χ4n) is 2.93. The molecule has 0 aliphatic rings. The molecule has 3 N–H and O–H groups in total. The molecule has 1 amide bonds. The Hall–Kier alpha value is -3.75. The van der Waals surface area contributed by atoms with Gasteiger partial charge in [-0.2, -0.15) is 5.10 Å². The highest BCUT2D eigenvalue weighted by molar-refractivity contribution is 6.11. The summed E-state index contributed by atoms with van der Waals surface area (Å²) in [6, 6.07) is 6.42. The summed E-state index contributed by atoms with van der Waals surface area (Å²) in [5.74, 6) is -1.99. The van der Waals surface area contributed by atoms with Gasteiger partial charge >= 0.3 is 0 Å². The first kappa shape index (κ1) is 18.1. The lowest BCUT2D eigenvalue weighted by Crippen LogP contribution is -2.31. The molecule has 0 aliphatic heterocycles. The van der Waals surface area contributed by atoms with Crippen LogP contribution in [0.25, 0.3) is 10.9 Å². The van der Waals surface area contributed by atoms with E-state index in [9.17, 15) is 24.3 Å². The number of carbonyl (C=O) groups excluding carboxylic acids is 2. The Labute approximate surface area is 152 Å². The minimum absolute atomic E-state index is 0.0526. The number of aromatic nitrogens is 3. The van der Waals surface area contributed by atoms with Gasteiger partial charge in [-0.1, -0.05) is 12.1 Å². The van der Waals surface area contributed by atoms with Crippen LogP contribution < -0.4 is 16.4 Å². The SMILES string of the molecule is CC(=O)c1c(C)nn(C)c(=O)c1NC(=O)c1c(O)c2ccccc2[nH]c1=O. The van der Waals surface area contributed by atoms with Crippen molar-refractivity contribution in [3.63, 3.8) is 0 Å². The number of aromatic amines is 1. The molecule has 2 heterocycles. The van der Waals surface area contributed by atoms with E-state index < -0.39 is 34.1 Å². The van der Waals surface area contributed by atoms with Crippen molar-refractivity contribution in [2.24, 2.45) is 7.05 Å². The number of carbonyl (C=O) groups is 2. The van der Waals surface area contributed by atoms with E-state index in [4.69, 9.17) is 0 Å². The number of aromatic hydroxyl groups is 1. The quantitative estimate of drug-likeness (QED) is 0.593. The predicted molar refractivity (Wildman–Crippen MR) is 98.4 cm³/mol. The maximum Gasteiger partial charge on any atom is 0.291 e. The van der Waals surface area contributed by atoms with Crippen molar-refractivity contribution < 1.29 is 14.7 Å². The van der Waals surface area contributed by atoms with Crippen molar-refractivity contribution in [3.05, 3.63) is 61.8 Å². The first-order valence-corrected chi connectivity index (χ1v) is 7.96. The van der Waals surface area contributed by atoms with Gasteiger partial charge in [0.15, 0.2) is 5.78 Å². The zero-order valence-corrected chi connectivity index (χ0v) is 14.8. The summed E-state index contributed by atoms with van der Waals surface area (Å²) in [6.07, 6.45) is 0. The second-order valence-electron chi connectivity index (χ2n) is 6.00. The van der Waals surface area contributed by atoms with Crippen LogP contribution in [-0.4, -0.2) is 31.6 Å². The summed E-state index contributed by atoms with van der Waals surface area (Å²) in [4.78, 5) is 51.8. The number of para-hydroxylation sites is 1. The molecule has 0 bridgehead atoms. The van der Waals surface area contributed by atoms with Gasteiger partial charge in [0.2, 0.25) is 0 Å². The number of rotatable bonds is 3. The zero-order chi connectivity index (χ0) is 19.9. The Bertz CT molecular complexity index is 1220. The summed E-state index contributed by atoms with van der Waals surface area (Å²) < 4.78 is 0.974. The van der Waals surface area contributed by atoms with Crippen molar-refractivity contribution >= 4 is 28.3 Å². The number of pyridine rings is 1. The average molecular weight is 368 g/mol. The van der Waals surface area contributed by atoms with Gasteiger partial charge in [-0.3, -0.25) is 19.2 Å². The first-order chi connectivity index (χ1) is 12.7. The molecule has 0 spiro atoms. The molecule has 9 heteroatoms. The molecule has 0 fully saturated rings. The minimum atomic E-state index is -1.01. The van der Waals surface area contributed by atoms with E-state index in [1.54, 1.807) is 18.2 Å².